The summed E-state index contributed by atoms with van der Waals surface area (Å²) in [6.07, 6.45) is 0. The van der Waals surface area contributed by atoms with Gasteiger partial charge in [-0.15, -0.1) is 11.8 Å². The minimum absolute atomic E-state index is 0.742. The largest absolute Gasteiger partial charge is 0.361 e. The second-order valence-electron chi connectivity index (χ2n) is 3.27. The fourth-order valence-electron chi connectivity index (χ4n) is 1.24. The van der Waals surface area contributed by atoms with Gasteiger partial charge in [-0.25, -0.2) is 4.98 Å². The Hall–Kier alpha value is -0.780. The number of aromatic nitrogens is 2. The van der Waals surface area contributed by atoms with Crippen LogP contribution in [0.3, 0.4) is 0 Å². The van der Waals surface area contributed by atoms with Crippen molar-refractivity contribution in [3.05, 3.63) is 35.1 Å². The molecule has 0 saturated heterocycles. The molecule has 0 bridgehead atoms. The SMILES string of the molecule is CCNc1nc(CSc2ccccc2Cl)ns1. The van der Waals surface area contributed by atoms with E-state index < -0.39 is 0 Å². The highest BCUT2D eigenvalue weighted by molar-refractivity contribution is 7.98. The Morgan fingerprint density at radius 2 is 2.24 bits per heavy atom. The zero-order chi connectivity index (χ0) is 12.1. The molecule has 0 spiro atoms. The third-order valence-electron chi connectivity index (χ3n) is 1.99. The number of nitrogens with one attached hydrogen (secondary N) is 1. The van der Waals surface area contributed by atoms with Gasteiger partial charge >= 0.3 is 0 Å². The van der Waals surface area contributed by atoms with E-state index in [1.54, 1.807) is 11.8 Å². The summed E-state index contributed by atoms with van der Waals surface area (Å²) in [4.78, 5) is 5.44. The predicted octanol–water partition coefficient (Wildman–Crippen LogP) is 3.92. The lowest BCUT2D eigenvalue weighted by molar-refractivity contribution is 1.11. The van der Waals surface area contributed by atoms with Crippen molar-refractivity contribution in [1.29, 1.82) is 0 Å². The monoisotopic (exact) mass is 285 g/mol. The van der Waals surface area contributed by atoms with E-state index in [9.17, 15) is 0 Å². The normalized spacial score (nSPS) is 10.5. The lowest BCUT2D eigenvalue weighted by Gasteiger charge is -2.00. The van der Waals surface area contributed by atoms with Crippen LogP contribution in [0.1, 0.15) is 12.7 Å². The average Bonchev–Trinajstić information content (AvgIpc) is 2.76. The van der Waals surface area contributed by atoms with Gasteiger partial charge in [-0.2, -0.15) is 4.37 Å². The average molecular weight is 286 g/mol. The fourth-order valence-corrected chi connectivity index (χ4v) is 3.07. The molecule has 17 heavy (non-hydrogen) atoms. The van der Waals surface area contributed by atoms with E-state index in [0.29, 0.717) is 0 Å². The van der Waals surface area contributed by atoms with E-state index in [0.717, 1.165) is 33.2 Å². The van der Waals surface area contributed by atoms with Gasteiger partial charge in [0.1, 0.15) is 0 Å². The van der Waals surface area contributed by atoms with Gasteiger partial charge in [-0.1, -0.05) is 23.7 Å². The van der Waals surface area contributed by atoms with Gasteiger partial charge in [0.05, 0.1) is 10.8 Å². The Balaban J connectivity index is 1.95. The molecule has 1 heterocycles. The van der Waals surface area contributed by atoms with Gasteiger partial charge in [0.25, 0.3) is 0 Å². The summed E-state index contributed by atoms with van der Waals surface area (Å²) in [5.74, 6) is 1.59. The molecule has 1 aromatic heterocycles. The molecule has 0 unspecified atom stereocenters. The quantitative estimate of drug-likeness (QED) is 0.845. The second-order valence-corrected chi connectivity index (χ2v) is 5.44. The zero-order valence-corrected chi connectivity index (χ0v) is 11.7. The molecule has 1 N–H and O–H groups in total. The third kappa shape index (κ3) is 3.59. The molecular weight excluding hydrogens is 274 g/mol. The highest BCUT2D eigenvalue weighted by Crippen LogP contribution is 2.29. The number of halogens is 1. The van der Waals surface area contributed by atoms with Crippen LogP contribution < -0.4 is 5.32 Å². The summed E-state index contributed by atoms with van der Waals surface area (Å²) < 4.78 is 4.28. The van der Waals surface area contributed by atoms with E-state index in [1.807, 2.05) is 31.2 Å². The highest BCUT2D eigenvalue weighted by atomic mass is 35.5. The zero-order valence-electron chi connectivity index (χ0n) is 9.31. The number of nitrogens with zero attached hydrogens (tertiary/aromatic N) is 2. The van der Waals surface area contributed by atoms with Crippen molar-refractivity contribution < 1.29 is 0 Å². The van der Waals surface area contributed by atoms with Crippen LogP contribution in [-0.4, -0.2) is 15.9 Å². The van der Waals surface area contributed by atoms with Gasteiger partial charge in [-0.3, -0.25) is 0 Å². The molecule has 90 valence electrons. The number of thioether (sulfide) groups is 1. The van der Waals surface area contributed by atoms with Crippen LogP contribution in [-0.2, 0) is 5.75 Å². The van der Waals surface area contributed by atoms with Crippen LogP contribution in [0.2, 0.25) is 5.02 Å². The molecule has 0 amide bonds. The summed E-state index contributed by atoms with van der Waals surface area (Å²) in [6, 6.07) is 7.80. The molecule has 3 nitrogen and oxygen atoms in total. The van der Waals surface area contributed by atoms with Crippen LogP contribution in [0.15, 0.2) is 29.2 Å². The molecule has 0 saturated carbocycles. The van der Waals surface area contributed by atoms with Gasteiger partial charge in [0.2, 0.25) is 5.13 Å². The lowest BCUT2D eigenvalue weighted by Crippen LogP contribution is -1.95. The minimum Gasteiger partial charge on any atom is -0.361 e. The van der Waals surface area contributed by atoms with Gasteiger partial charge in [-0.05, 0) is 19.1 Å². The Labute approximate surface area is 114 Å². The standard InChI is InChI=1S/C11H12ClN3S2/c1-2-13-11-14-10(15-17-11)7-16-9-6-4-3-5-8(9)12/h3-6H,2,7H2,1H3,(H,13,14,15). The van der Waals surface area contributed by atoms with Gasteiger partial charge < -0.3 is 5.32 Å². The van der Waals surface area contributed by atoms with Gasteiger partial charge in [0, 0.05) is 23.0 Å². The molecule has 6 heteroatoms. The molecule has 0 radical (unpaired) electrons. The first-order valence-corrected chi connectivity index (χ1v) is 7.37. The summed E-state index contributed by atoms with van der Waals surface area (Å²) >= 11 is 9.12. The van der Waals surface area contributed by atoms with E-state index in [1.165, 1.54) is 11.5 Å². The van der Waals surface area contributed by atoms with Crippen molar-refractivity contribution >= 4 is 40.0 Å². The highest BCUT2D eigenvalue weighted by Gasteiger charge is 2.05. The van der Waals surface area contributed by atoms with Crippen molar-refractivity contribution in [2.24, 2.45) is 0 Å². The maximum Gasteiger partial charge on any atom is 0.202 e. The third-order valence-corrected chi connectivity index (χ3v) is 4.21. The summed E-state index contributed by atoms with van der Waals surface area (Å²) in [7, 11) is 0. The fraction of sp³-hybridized carbons (Fsp3) is 0.273. The van der Waals surface area contributed by atoms with E-state index in [2.05, 4.69) is 14.7 Å². The van der Waals surface area contributed by atoms with Crippen LogP contribution >= 0.6 is 34.9 Å². The summed E-state index contributed by atoms with van der Waals surface area (Å²) in [5, 5.41) is 4.80. The van der Waals surface area contributed by atoms with E-state index in [4.69, 9.17) is 11.6 Å². The Morgan fingerprint density at radius 3 is 3.00 bits per heavy atom. The van der Waals surface area contributed by atoms with Crippen molar-refractivity contribution in [2.75, 3.05) is 11.9 Å². The first-order chi connectivity index (χ1) is 8.29. The maximum atomic E-state index is 6.07. The molecule has 0 aliphatic rings. The first-order valence-electron chi connectivity index (χ1n) is 5.23. The molecule has 0 aliphatic carbocycles. The Kier molecular flexibility index (Phi) is 4.65. The Bertz CT molecular complexity index is 487. The Morgan fingerprint density at radius 1 is 1.41 bits per heavy atom. The van der Waals surface area contributed by atoms with Crippen molar-refractivity contribution in [3.8, 4) is 0 Å². The molecule has 1 aromatic carbocycles. The minimum atomic E-state index is 0.742. The summed E-state index contributed by atoms with van der Waals surface area (Å²) in [6.45, 7) is 2.91. The maximum absolute atomic E-state index is 6.07. The topological polar surface area (TPSA) is 37.8 Å². The number of hydrogen-bond acceptors (Lipinski definition) is 5. The molecule has 0 atom stereocenters. The number of rotatable bonds is 5. The molecule has 0 aliphatic heterocycles. The van der Waals surface area contributed by atoms with Crippen LogP contribution in [0.4, 0.5) is 5.13 Å². The molecule has 0 fully saturated rings. The van der Waals surface area contributed by atoms with Crippen LogP contribution in [0.25, 0.3) is 0 Å². The number of hydrogen-bond donors (Lipinski definition) is 1. The predicted molar refractivity (Wildman–Crippen MR) is 75.1 cm³/mol. The lowest BCUT2D eigenvalue weighted by atomic mass is 10.4. The van der Waals surface area contributed by atoms with E-state index in [-0.39, 0.29) is 0 Å². The van der Waals surface area contributed by atoms with Crippen LogP contribution in [0, 0.1) is 0 Å². The smallest absolute Gasteiger partial charge is 0.202 e. The van der Waals surface area contributed by atoms with Crippen molar-refractivity contribution in [2.45, 2.75) is 17.6 Å². The second kappa shape index (κ2) is 6.23. The molecular formula is C11H12ClN3S2. The molecule has 2 aromatic rings. The van der Waals surface area contributed by atoms with Crippen molar-refractivity contribution in [3.63, 3.8) is 0 Å². The number of anilines is 1. The molecule has 2 rings (SSSR count). The van der Waals surface area contributed by atoms with E-state index >= 15 is 0 Å². The number of benzene rings is 1. The van der Waals surface area contributed by atoms with Crippen LogP contribution in [0.5, 0.6) is 0 Å². The first kappa shape index (κ1) is 12.7. The van der Waals surface area contributed by atoms with Crippen molar-refractivity contribution in [1.82, 2.24) is 9.36 Å². The summed E-state index contributed by atoms with van der Waals surface area (Å²) in [5.41, 5.74) is 0. The van der Waals surface area contributed by atoms with Gasteiger partial charge in [0.15, 0.2) is 5.82 Å².